The average molecular weight is 816 g/mol. The van der Waals surface area contributed by atoms with Crippen LogP contribution in [0.1, 0.15) is 46.0 Å². The van der Waals surface area contributed by atoms with Gasteiger partial charge in [-0.3, -0.25) is 0 Å². The monoisotopic (exact) mass is 816 g/mol. The Bertz CT molecular complexity index is 2380. The van der Waals surface area contributed by atoms with E-state index in [9.17, 15) is 0 Å². The summed E-state index contributed by atoms with van der Waals surface area (Å²) >= 11 is 0. The van der Waals surface area contributed by atoms with Crippen molar-refractivity contribution >= 4 is 35.2 Å². The molecule has 0 unspecified atom stereocenters. The molecule has 0 atom stereocenters. The van der Waals surface area contributed by atoms with E-state index >= 15 is 0 Å². The molecule has 0 N–H and O–H groups in total. The van der Waals surface area contributed by atoms with Crippen LogP contribution in [0.2, 0.25) is 19.6 Å². The molecule has 3 heterocycles. The van der Waals surface area contributed by atoms with E-state index in [0.717, 1.165) is 16.8 Å². The van der Waals surface area contributed by atoms with Gasteiger partial charge in [-0.15, -0.1) is 54.1 Å². The molecule has 4 aromatic carbocycles. The Morgan fingerprint density at radius 2 is 1.53 bits per heavy atom. The molecule has 0 aliphatic heterocycles. The third-order valence-corrected chi connectivity index (χ3v) is 10.0. The van der Waals surface area contributed by atoms with Crippen molar-refractivity contribution in [2.45, 2.75) is 53.1 Å². The molecule has 3 aromatic heterocycles. The Kier molecular flexibility index (Phi) is 7.88. The van der Waals surface area contributed by atoms with E-state index in [1.807, 2.05) is 72.9 Å². The van der Waals surface area contributed by atoms with Gasteiger partial charge < -0.3 is 14.4 Å². The molecule has 1 radical (unpaired) electrons. The third-order valence-electron chi connectivity index (χ3n) is 8.00. The standard InChI is InChI=1S/C28H24NO.C14H16NSi.Ir/c1-17(2)25-15-26(29-16-18(25)3)24-12-8-11-22-23-14-13-21(20-9-6-5-7-10-20)19(4)27(23)30-28(22)24;1-16(2,3)13-9-10-14(15-11-13)12-7-5-4-6-8-12;/h5-11,13-17H,1-4H3;4-7,9-11H,1-3H3;/q2*-1;/i3D3,4D3,17D;;. The molecule has 0 aliphatic rings. The molecule has 0 amide bonds. The molecule has 0 saturated carbocycles. The maximum Gasteiger partial charge on any atom is 0.124 e. The van der Waals surface area contributed by atoms with Crippen molar-refractivity contribution in [1.29, 1.82) is 0 Å². The minimum atomic E-state index is -2.44. The minimum absolute atomic E-state index is 0. The maximum absolute atomic E-state index is 8.53. The molecule has 0 bridgehead atoms. The molecule has 3 nitrogen and oxygen atoms in total. The first-order valence-corrected chi connectivity index (χ1v) is 18.7. The van der Waals surface area contributed by atoms with Crippen LogP contribution in [0.3, 0.4) is 0 Å². The number of aryl methyl sites for hydroxylation is 2. The molecular formula is C42H40IrN2OSi-2. The van der Waals surface area contributed by atoms with Crippen LogP contribution >= 0.6 is 0 Å². The first-order valence-electron chi connectivity index (χ1n) is 18.7. The zero-order chi connectivity index (χ0) is 38.3. The fourth-order valence-electron chi connectivity index (χ4n) is 5.41. The van der Waals surface area contributed by atoms with Gasteiger partial charge in [-0.2, -0.15) is 0 Å². The van der Waals surface area contributed by atoms with Crippen molar-refractivity contribution in [3.8, 4) is 33.6 Å². The Balaban J connectivity index is 0.000000276. The molecule has 0 saturated heterocycles. The summed E-state index contributed by atoms with van der Waals surface area (Å²) in [4.78, 5) is 8.92. The number of furan rings is 1. The summed E-state index contributed by atoms with van der Waals surface area (Å²) in [6.45, 7) is 5.39. The third kappa shape index (κ3) is 7.23. The minimum Gasteiger partial charge on any atom is -0.500 e. The zero-order valence-corrected chi connectivity index (χ0v) is 30.4. The van der Waals surface area contributed by atoms with E-state index in [1.165, 1.54) is 11.4 Å². The number of benzene rings is 4. The topological polar surface area (TPSA) is 38.9 Å². The summed E-state index contributed by atoms with van der Waals surface area (Å²) in [5, 5.41) is 2.74. The fourth-order valence-corrected chi connectivity index (χ4v) is 6.44. The summed E-state index contributed by atoms with van der Waals surface area (Å²) in [6.07, 6.45) is 3.30. The second-order valence-corrected chi connectivity index (χ2v) is 17.6. The van der Waals surface area contributed by atoms with E-state index in [1.54, 1.807) is 32.0 Å². The van der Waals surface area contributed by atoms with E-state index in [-0.39, 0.29) is 36.8 Å². The number of rotatable bonds is 5. The molecule has 5 heteroatoms. The summed E-state index contributed by atoms with van der Waals surface area (Å²) < 4.78 is 63.3. The van der Waals surface area contributed by atoms with Gasteiger partial charge in [-0.1, -0.05) is 105 Å². The van der Waals surface area contributed by atoms with Crippen molar-refractivity contribution < 1.29 is 34.1 Å². The Labute approximate surface area is 303 Å². The molecule has 0 fully saturated rings. The fraction of sp³-hybridized carbons (Fsp3) is 0.190. The zero-order valence-electron chi connectivity index (χ0n) is 34.0. The predicted molar refractivity (Wildman–Crippen MR) is 196 cm³/mol. The quantitative estimate of drug-likeness (QED) is 0.128. The van der Waals surface area contributed by atoms with Crippen LogP contribution in [0.5, 0.6) is 0 Å². The molecule has 239 valence electrons. The van der Waals surface area contributed by atoms with Crippen LogP contribution in [0.25, 0.3) is 55.6 Å². The number of fused-ring (bicyclic) bond motifs is 3. The predicted octanol–water partition coefficient (Wildman–Crippen LogP) is 10.9. The second kappa shape index (κ2) is 14.3. The van der Waals surface area contributed by atoms with Gasteiger partial charge in [-0.05, 0) is 64.0 Å². The molecule has 0 aliphatic carbocycles. The van der Waals surface area contributed by atoms with E-state index in [2.05, 4.69) is 53.9 Å². The van der Waals surface area contributed by atoms with Crippen molar-refractivity contribution in [2.75, 3.05) is 0 Å². The van der Waals surface area contributed by atoms with Crippen LogP contribution in [-0.2, 0) is 20.1 Å². The molecular weight excluding hydrogens is 769 g/mol. The largest absolute Gasteiger partial charge is 0.500 e. The first-order chi connectivity index (χ1) is 24.8. The Morgan fingerprint density at radius 1 is 0.766 bits per heavy atom. The van der Waals surface area contributed by atoms with E-state index in [4.69, 9.17) is 14.0 Å². The van der Waals surface area contributed by atoms with Crippen molar-refractivity contribution in [1.82, 2.24) is 9.97 Å². The van der Waals surface area contributed by atoms with Crippen LogP contribution in [0.15, 0.2) is 114 Å². The maximum atomic E-state index is 8.53. The molecule has 0 spiro atoms. The number of nitrogens with zero attached hydrogens (tertiary/aromatic N) is 2. The smallest absolute Gasteiger partial charge is 0.124 e. The van der Waals surface area contributed by atoms with Gasteiger partial charge in [0.25, 0.3) is 0 Å². The summed E-state index contributed by atoms with van der Waals surface area (Å²) in [5.41, 5.74) is 5.39. The van der Waals surface area contributed by atoms with Crippen molar-refractivity contribution in [3.05, 3.63) is 138 Å². The molecule has 7 rings (SSSR count). The van der Waals surface area contributed by atoms with Crippen LogP contribution in [0.4, 0.5) is 0 Å². The number of hydrogen-bond acceptors (Lipinski definition) is 3. The molecule has 47 heavy (non-hydrogen) atoms. The van der Waals surface area contributed by atoms with Crippen LogP contribution in [0, 0.1) is 25.8 Å². The van der Waals surface area contributed by atoms with Gasteiger partial charge in [0.2, 0.25) is 0 Å². The number of hydrogen-bond donors (Lipinski definition) is 0. The summed E-state index contributed by atoms with van der Waals surface area (Å²) in [7, 11) is -1.23. The first kappa shape index (κ1) is 25.9. The van der Waals surface area contributed by atoms with E-state index < -0.39 is 27.7 Å². The van der Waals surface area contributed by atoms with Gasteiger partial charge in [0.15, 0.2) is 0 Å². The summed E-state index contributed by atoms with van der Waals surface area (Å²) in [6, 6.07) is 36.6. The number of aromatic nitrogens is 2. The van der Waals surface area contributed by atoms with Crippen LogP contribution < -0.4 is 5.19 Å². The summed E-state index contributed by atoms with van der Waals surface area (Å²) in [5.74, 6) is -1.19. The SMILES string of the molecule is C[Si](C)(C)c1ccc(-c2[c-]cccc2)nc1.[2H]C([2H])([2H])c1cnc(-c2[c-]ccc3c2oc2c(C([2H])([2H])[2H])c(-c4ccccc4)ccc23)cc1C([2H])(C)C.[Ir]. The van der Waals surface area contributed by atoms with E-state index in [0.29, 0.717) is 38.7 Å². The van der Waals surface area contributed by atoms with Crippen molar-refractivity contribution in [3.63, 3.8) is 0 Å². The van der Waals surface area contributed by atoms with Gasteiger partial charge in [0.1, 0.15) is 5.58 Å². The average Bonchev–Trinajstić information content (AvgIpc) is 3.49. The van der Waals surface area contributed by atoms with Crippen molar-refractivity contribution in [2.24, 2.45) is 0 Å². The normalized spacial score (nSPS) is 14.3. The van der Waals surface area contributed by atoms with Gasteiger partial charge in [-0.25, -0.2) is 0 Å². The van der Waals surface area contributed by atoms with Gasteiger partial charge >= 0.3 is 0 Å². The Morgan fingerprint density at radius 3 is 2.19 bits per heavy atom. The second-order valence-electron chi connectivity index (χ2n) is 12.5. The Hall–Kier alpha value is -4.15. The van der Waals surface area contributed by atoms with Gasteiger partial charge in [0.05, 0.1) is 13.7 Å². The van der Waals surface area contributed by atoms with Crippen LogP contribution in [-0.4, -0.2) is 18.0 Å². The number of pyridine rings is 2. The van der Waals surface area contributed by atoms with Gasteiger partial charge in [0, 0.05) is 47.5 Å². The molecule has 7 aromatic rings.